The van der Waals surface area contributed by atoms with Crippen molar-refractivity contribution in [2.24, 2.45) is 0 Å². The summed E-state index contributed by atoms with van der Waals surface area (Å²) in [6, 6.07) is 7.67. The number of rotatable bonds is 3. The van der Waals surface area contributed by atoms with E-state index in [0.717, 1.165) is 30.6 Å². The van der Waals surface area contributed by atoms with Crippen LogP contribution in [0.1, 0.15) is 24.8 Å². The molecule has 88 valence electrons. The molecule has 17 heavy (non-hydrogen) atoms. The van der Waals surface area contributed by atoms with Crippen molar-refractivity contribution in [1.29, 1.82) is 0 Å². The first-order chi connectivity index (χ1) is 8.28. The first kappa shape index (κ1) is 11.7. The molecule has 1 saturated heterocycles. The second-order valence-corrected chi connectivity index (χ2v) is 4.27. The lowest BCUT2D eigenvalue weighted by Crippen LogP contribution is -2.27. The summed E-state index contributed by atoms with van der Waals surface area (Å²) in [5, 5.41) is 6.17. The molecule has 1 atom stereocenters. The van der Waals surface area contributed by atoms with Crippen LogP contribution in [0.3, 0.4) is 0 Å². The molecular weight excluding hydrogens is 212 g/mol. The molecule has 0 spiro atoms. The fourth-order valence-electron chi connectivity index (χ4n) is 2.05. The number of nitrogens with one attached hydrogen (secondary N) is 2. The number of terminal acetylenes is 1. The zero-order valence-corrected chi connectivity index (χ0v) is 9.70. The van der Waals surface area contributed by atoms with Crippen molar-refractivity contribution in [3.63, 3.8) is 0 Å². The molecule has 0 radical (unpaired) electrons. The standard InChI is InChI=1S/C14H16N2O/c1-2-11-5-3-6-13(9-11)16-14(17)10-12-7-4-8-15-12/h1,3,5-6,9,12,15H,4,7-8,10H2,(H,16,17). The zero-order valence-electron chi connectivity index (χ0n) is 9.70. The van der Waals surface area contributed by atoms with Gasteiger partial charge in [-0.05, 0) is 37.6 Å². The second-order valence-electron chi connectivity index (χ2n) is 4.27. The maximum Gasteiger partial charge on any atom is 0.225 e. The quantitative estimate of drug-likeness (QED) is 0.774. The number of hydrogen-bond acceptors (Lipinski definition) is 2. The topological polar surface area (TPSA) is 41.1 Å². The Hall–Kier alpha value is -1.79. The molecular formula is C14H16N2O. The van der Waals surface area contributed by atoms with Gasteiger partial charge in [0.15, 0.2) is 0 Å². The van der Waals surface area contributed by atoms with Crippen molar-refractivity contribution in [3.8, 4) is 12.3 Å². The van der Waals surface area contributed by atoms with Gasteiger partial charge in [-0.3, -0.25) is 4.79 Å². The van der Waals surface area contributed by atoms with Gasteiger partial charge in [0.2, 0.25) is 5.91 Å². The van der Waals surface area contributed by atoms with Crippen molar-refractivity contribution < 1.29 is 4.79 Å². The van der Waals surface area contributed by atoms with Gasteiger partial charge in [-0.1, -0.05) is 12.0 Å². The normalized spacial score (nSPS) is 18.6. The summed E-state index contributed by atoms with van der Waals surface area (Å²) in [6.07, 6.45) is 8.08. The summed E-state index contributed by atoms with van der Waals surface area (Å²) in [5.41, 5.74) is 1.55. The number of carbonyl (C=O) groups is 1. The first-order valence-corrected chi connectivity index (χ1v) is 5.88. The van der Waals surface area contributed by atoms with Crippen LogP contribution in [0.25, 0.3) is 0 Å². The molecule has 1 aromatic rings. The van der Waals surface area contributed by atoms with E-state index in [1.165, 1.54) is 0 Å². The van der Waals surface area contributed by atoms with Gasteiger partial charge in [0.1, 0.15) is 0 Å². The van der Waals surface area contributed by atoms with Gasteiger partial charge in [0, 0.05) is 23.7 Å². The Labute approximate surface area is 102 Å². The number of benzene rings is 1. The van der Waals surface area contributed by atoms with Crippen molar-refractivity contribution >= 4 is 11.6 Å². The molecule has 1 aromatic carbocycles. The number of amides is 1. The largest absolute Gasteiger partial charge is 0.326 e. The smallest absolute Gasteiger partial charge is 0.225 e. The third-order valence-electron chi connectivity index (χ3n) is 2.91. The van der Waals surface area contributed by atoms with Crippen molar-refractivity contribution in [2.75, 3.05) is 11.9 Å². The molecule has 3 nitrogen and oxygen atoms in total. The van der Waals surface area contributed by atoms with E-state index in [2.05, 4.69) is 16.6 Å². The Morgan fingerprint density at radius 1 is 1.59 bits per heavy atom. The minimum atomic E-state index is 0.0403. The Morgan fingerprint density at radius 3 is 3.18 bits per heavy atom. The maximum atomic E-state index is 11.8. The molecule has 1 heterocycles. The van der Waals surface area contributed by atoms with Gasteiger partial charge in [-0.15, -0.1) is 6.42 Å². The second kappa shape index (κ2) is 5.51. The Morgan fingerprint density at radius 2 is 2.47 bits per heavy atom. The zero-order chi connectivity index (χ0) is 12.1. The van der Waals surface area contributed by atoms with E-state index in [1.54, 1.807) is 6.07 Å². The molecule has 0 saturated carbocycles. The van der Waals surface area contributed by atoms with Gasteiger partial charge in [-0.25, -0.2) is 0 Å². The maximum absolute atomic E-state index is 11.8. The van der Waals surface area contributed by atoms with Gasteiger partial charge >= 0.3 is 0 Å². The van der Waals surface area contributed by atoms with Crippen LogP contribution in [0.4, 0.5) is 5.69 Å². The lowest BCUT2D eigenvalue weighted by atomic mass is 10.1. The highest BCUT2D eigenvalue weighted by Crippen LogP contribution is 2.13. The SMILES string of the molecule is C#Cc1cccc(NC(=O)CC2CCCN2)c1. The summed E-state index contributed by atoms with van der Waals surface area (Å²) >= 11 is 0. The molecule has 0 aliphatic carbocycles. The third kappa shape index (κ3) is 3.33. The summed E-state index contributed by atoms with van der Waals surface area (Å²) in [7, 11) is 0. The molecule has 1 aliphatic heterocycles. The molecule has 2 rings (SSSR count). The van der Waals surface area contributed by atoms with Crippen LogP contribution in [-0.4, -0.2) is 18.5 Å². The Balaban J connectivity index is 1.91. The molecule has 2 N–H and O–H groups in total. The van der Waals surface area contributed by atoms with E-state index < -0.39 is 0 Å². The van der Waals surface area contributed by atoms with Crippen molar-refractivity contribution in [1.82, 2.24) is 5.32 Å². The summed E-state index contributed by atoms with van der Waals surface area (Å²) in [6.45, 7) is 1.02. The van der Waals surface area contributed by atoms with Gasteiger partial charge < -0.3 is 10.6 Å². The van der Waals surface area contributed by atoms with Crippen LogP contribution in [0.2, 0.25) is 0 Å². The molecule has 0 bridgehead atoms. The molecule has 1 amide bonds. The van der Waals surface area contributed by atoms with Crippen LogP contribution in [0.5, 0.6) is 0 Å². The van der Waals surface area contributed by atoms with Crippen LogP contribution in [-0.2, 0) is 4.79 Å². The fourth-order valence-corrected chi connectivity index (χ4v) is 2.05. The number of carbonyl (C=O) groups excluding carboxylic acids is 1. The lowest BCUT2D eigenvalue weighted by molar-refractivity contribution is -0.116. The highest BCUT2D eigenvalue weighted by atomic mass is 16.1. The third-order valence-corrected chi connectivity index (χ3v) is 2.91. The van der Waals surface area contributed by atoms with E-state index in [1.807, 2.05) is 18.2 Å². The number of hydrogen-bond donors (Lipinski definition) is 2. The molecule has 1 unspecified atom stereocenters. The highest BCUT2D eigenvalue weighted by Gasteiger charge is 2.17. The van der Waals surface area contributed by atoms with Gasteiger partial charge in [0.25, 0.3) is 0 Å². The predicted octanol–water partition coefficient (Wildman–Crippen LogP) is 1.75. The minimum Gasteiger partial charge on any atom is -0.326 e. The van der Waals surface area contributed by atoms with E-state index >= 15 is 0 Å². The molecule has 0 aromatic heterocycles. The predicted molar refractivity (Wildman–Crippen MR) is 68.6 cm³/mol. The summed E-state index contributed by atoms with van der Waals surface area (Å²) in [4.78, 5) is 11.8. The fraction of sp³-hybridized carbons (Fsp3) is 0.357. The van der Waals surface area contributed by atoms with Crippen LogP contribution < -0.4 is 10.6 Å². The summed E-state index contributed by atoms with van der Waals surface area (Å²) in [5.74, 6) is 2.59. The van der Waals surface area contributed by atoms with Crippen LogP contribution in [0.15, 0.2) is 24.3 Å². The van der Waals surface area contributed by atoms with Crippen molar-refractivity contribution in [3.05, 3.63) is 29.8 Å². The molecule has 1 aliphatic rings. The highest BCUT2D eigenvalue weighted by molar-refractivity contribution is 5.91. The molecule has 1 fully saturated rings. The van der Waals surface area contributed by atoms with Gasteiger partial charge in [0.05, 0.1) is 0 Å². The number of anilines is 1. The lowest BCUT2D eigenvalue weighted by Gasteiger charge is -2.10. The van der Waals surface area contributed by atoms with Crippen LogP contribution >= 0.6 is 0 Å². The van der Waals surface area contributed by atoms with E-state index in [4.69, 9.17) is 6.42 Å². The average Bonchev–Trinajstić information content (AvgIpc) is 2.82. The average molecular weight is 228 g/mol. The minimum absolute atomic E-state index is 0.0403. The van der Waals surface area contributed by atoms with E-state index in [0.29, 0.717) is 12.5 Å². The Bertz CT molecular complexity index is 442. The van der Waals surface area contributed by atoms with Crippen LogP contribution in [0, 0.1) is 12.3 Å². The van der Waals surface area contributed by atoms with E-state index in [9.17, 15) is 4.79 Å². The first-order valence-electron chi connectivity index (χ1n) is 5.88. The van der Waals surface area contributed by atoms with Crippen molar-refractivity contribution in [2.45, 2.75) is 25.3 Å². The summed E-state index contributed by atoms with van der Waals surface area (Å²) < 4.78 is 0. The van der Waals surface area contributed by atoms with E-state index in [-0.39, 0.29) is 5.91 Å². The van der Waals surface area contributed by atoms with Gasteiger partial charge in [-0.2, -0.15) is 0 Å². The Kier molecular flexibility index (Phi) is 3.79. The monoisotopic (exact) mass is 228 g/mol. The molecule has 3 heteroatoms.